The number of carbonyl (C=O) groups excluding carboxylic acids is 2. The zero-order valence-corrected chi connectivity index (χ0v) is 17.3. The molecule has 0 bridgehead atoms. The SMILES string of the molecule is COc1cccc(/C(O)=C2\C(=O)C(=O)N(CCCn3ccnc3)[C@@H]2c2ccc(C)o2)c1. The number of aliphatic hydroxyl groups is 1. The monoisotopic (exact) mass is 421 g/mol. The molecular weight excluding hydrogens is 398 g/mol. The summed E-state index contributed by atoms with van der Waals surface area (Å²) in [5.41, 5.74) is 0.402. The zero-order valence-electron chi connectivity index (χ0n) is 17.3. The number of furan rings is 1. The number of aromatic nitrogens is 2. The van der Waals surface area contributed by atoms with Gasteiger partial charge in [0.15, 0.2) is 0 Å². The third-order valence-electron chi connectivity index (χ3n) is 5.29. The number of hydrogen-bond acceptors (Lipinski definition) is 6. The van der Waals surface area contributed by atoms with Crippen LogP contribution in [0, 0.1) is 6.92 Å². The Bertz CT molecular complexity index is 1130. The van der Waals surface area contributed by atoms with Crippen LogP contribution >= 0.6 is 0 Å². The number of methoxy groups -OCH3 is 1. The summed E-state index contributed by atoms with van der Waals surface area (Å²) in [6.07, 6.45) is 5.83. The van der Waals surface area contributed by atoms with Crippen LogP contribution in [0.15, 0.2) is 65.1 Å². The van der Waals surface area contributed by atoms with Crippen LogP contribution < -0.4 is 4.74 Å². The number of ether oxygens (including phenoxy) is 1. The minimum atomic E-state index is -0.803. The first-order chi connectivity index (χ1) is 15.0. The number of hydrogen-bond donors (Lipinski definition) is 1. The third kappa shape index (κ3) is 3.96. The molecular formula is C23H23N3O5. The van der Waals surface area contributed by atoms with E-state index in [1.807, 2.05) is 10.8 Å². The molecule has 8 heteroatoms. The number of aryl methyl sites for hydroxylation is 2. The minimum absolute atomic E-state index is 0.00948. The first-order valence-corrected chi connectivity index (χ1v) is 9.94. The van der Waals surface area contributed by atoms with Crippen molar-refractivity contribution in [3.63, 3.8) is 0 Å². The van der Waals surface area contributed by atoms with Crippen molar-refractivity contribution in [3.05, 3.63) is 77.8 Å². The van der Waals surface area contributed by atoms with E-state index < -0.39 is 17.7 Å². The lowest BCUT2D eigenvalue weighted by atomic mass is 9.99. The molecule has 1 aliphatic rings. The van der Waals surface area contributed by atoms with Crippen molar-refractivity contribution in [3.8, 4) is 5.75 Å². The average molecular weight is 421 g/mol. The van der Waals surface area contributed by atoms with Crippen molar-refractivity contribution < 1.29 is 23.8 Å². The van der Waals surface area contributed by atoms with Crippen LogP contribution in [-0.4, -0.2) is 44.9 Å². The van der Waals surface area contributed by atoms with Gasteiger partial charge in [0.25, 0.3) is 11.7 Å². The largest absolute Gasteiger partial charge is 0.507 e. The highest BCUT2D eigenvalue weighted by Crippen LogP contribution is 2.40. The molecule has 1 N–H and O–H groups in total. The molecule has 160 valence electrons. The summed E-state index contributed by atoms with van der Waals surface area (Å²) in [7, 11) is 1.52. The maximum absolute atomic E-state index is 13.0. The molecule has 0 unspecified atom stereocenters. The van der Waals surface area contributed by atoms with E-state index in [-0.39, 0.29) is 11.3 Å². The molecule has 3 heterocycles. The highest BCUT2D eigenvalue weighted by molar-refractivity contribution is 6.46. The summed E-state index contributed by atoms with van der Waals surface area (Å²) in [4.78, 5) is 31.3. The molecule has 1 amide bonds. The van der Waals surface area contributed by atoms with E-state index in [0.717, 1.165) is 0 Å². The fourth-order valence-electron chi connectivity index (χ4n) is 3.78. The van der Waals surface area contributed by atoms with Crippen molar-refractivity contribution in [2.45, 2.75) is 25.9 Å². The molecule has 1 aromatic carbocycles. The van der Waals surface area contributed by atoms with E-state index in [1.54, 1.807) is 55.8 Å². The first-order valence-electron chi connectivity index (χ1n) is 9.94. The van der Waals surface area contributed by atoms with Crippen molar-refractivity contribution in [2.75, 3.05) is 13.7 Å². The van der Waals surface area contributed by atoms with E-state index in [2.05, 4.69) is 4.98 Å². The lowest BCUT2D eigenvalue weighted by Gasteiger charge is -2.23. The molecule has 0 radical (unpaired) electrons. The number of nitrogens with zero attached hydrogens (tertiary/aromatic N) is 3. The summed E-state index contributed by atoms with van der Waals surface area (Å²) >= 11 is 0. The first kappa shape index (κ1) is 20.5. The molecule has 1 fully saturated rings. The van der Waals surface area contributed by atoms with Gasteiger partial charge < -0.3 is 23.7 Å². The molecule has 4 rings (SSSR count). The summed E-state index contributed by atoms with van der Waals surface area (Å²) in [6, 6.07) is 9.42. The van der Waals surface area contributed by atoms with Gasteiger partial charge in [-0.05, 0) is 37.6 Å². The predicted octanol–water partition coefficient (Wildman–Crippen LogP) is 3.31. The highest BCUT2D eigenvalue weighted by Gasteiger charge is 2.47. The Labute approximate surface area is 179 Å². The molecule has 1 aliphatic heterocycles. The Balaban J connectivity index is 1.72. The van der Waals surface area contributed by atoms with Crippen molar-refractivity contribution in [1.82, 2.24) is 14.5 Å². The Morgan fingerprint density at radius 3 is 2.74 bits per heavy atom. The lowest BCUT2D eigenvalue weighted by Crippen LogP contribution is -2.31. The molecule has 1 atom stereocenters. The van der Waals surface area contributed by atoms with Crippen LogP contribution in [0.5, 0.6) is 5.75 Å². The molecule has 2 aromatic heterocycles. The Morgan fingerprint density at radius 1 is 1.23 bits per heavy atom. The van der Waals surface area contributed by atoms with Crippen molar-refractivity contribution >= 4 is 17.4 Å². The maximum Gasteiger partial charge on any atom is 0.295 e. The van der Waals surface area contributed by atoms with Gasteiger partial charge in [0.05, 0.1) is 19.0 Å². The summed E-state index contributed by atoms with van der Waals surface area (Å²) < 4.78 is 12.9. The highest BCUT2D eigenvalue weighted by atomic mass is 16.5. The van der Waals surface area contributed by atoms with E-state index in [0.29, 0.717) is 42.3 Å². The van der Waals surface area contributed by atoms with Crippen LogP contribution in [0.4, 0.5) is 0 Å². The van der Waals surface area contributed by atoms with Crippen molar-refractivity contribution in [2.24, 2.45) is 0 Å². The van der Waals surface area contributed by atoms with Gasteiger partial charge in [0, 0.05) is 31.0 Å². The molecule has 0 aliphatic carbocycles. The number of ketones is 1. The summed E-state index contributed by atoms with van der Waals surface area (Å²) in [5, 5.41) is 11.0. The standard InChI is InChI=1S/C23H23N3O5/c1-15-7-8-18(31-15)20-19(21(27)16-5-3-6-17(13-16)30-2)22(28)23(29)26(20)11-4-10-25-12-9-24-14-25/h3,5-9,12-14,20,27H,4,10-11H2,1-2H3/b21-19+/t20-/m1/s1. The second-order valence-electron chi connectivity index (χ2n) is 7.33. The smallest absolute Gasteiger partial charge is 0.295 e. The number of benzene rings is 1. The Hall–Kier alpha value is -3.81. The van der Waals surface area contributed by atoms with E-state index in [1.165, 1.54) is 12.0 Å². The second kappa shape index (κ2) is 8.51. The molecule has 3 aromatic rings. The van der Waals surface area contributed by atoms with Gasteiger partial charge in [-0.1, -0.05) is 12.1 Å². The van der Waals surface area contributed by atoms with E-state index in [9.17, 15) is 14.7 Å². The fourth-order valence-corrected chi connectivity index (χ4v) is 3.78. The van der Waals surface area contributed by atoms with Gasteiger partial charge in [0.1, 0.15) is 29.1 Å². The number of imidazole rings is 1. The quantitative estimate of drug-likeness (QED) is 0.357. The van der Waals surface area contributed by atoms with Crippen LogP contribution in [0.25, 0.3) is 5.76 Å². The summed E-state index contributed by atoms with van der Waals surface area (Å²) in [6.45, 7) is 2.75. The third-order valence-corrected chi connectivity index (χ3v) is 5.29. The topological polar surface area (TPSA) is 97.8 Å². The minimum Gasteiger partial charge on any atom is -0.507 e. The normalized spacial score (nSPS) is 18.0. The number of Topliss-reactive ketones (excluding diaryl/α,β-unsaturated/α-hetero) is 1. The predicted molar refractivity (Wildman–Crippen MR) is 112 cm³/mol. The molecule has 31 heavy (non-hydrogen) atoms. The number of likely N-dealkylation sites (tertiary alicyclic amines) is 1. The fraction of sp³-hybridized carbons (Fsp3) is 0.261. The van der Waals surface area contributed by atoms with Crippen LogP contribution in [0.1, 0.15) is 29.5 Å². The maximum atomic E-state index is 13.0. The second-order valence-corrected chi connectivity index (χ2v) is 7.33. The average Bonchev–Trinajstić information content (AvgIpc) is 3.50. The molecule has 8 nitrogen and oxygen atoms in total. The number of amides is 1. The molecule has 0 saturated carbocycles. The van der Waals surface area contributed by atoms with Gasteiger partial charge in [0.2, 0.25) is 0 Å². The number of carbonyl (C=O) groups is 2. The van der Waals surface area contributed by atoms with Crippen LogP contribution in [-0.2, 0) is 16.1 Å². The molecule has 1 saturated heterocycles. The number of aliphatic hydroxyl groups excluding tert-OH is 1. The van der Waals surface area contributed by atoms with Gasteiger partial charge in [-0.25, -0.2) is 4.98 Å². The molecule has 0 spiro atoms. The lowest BCUT2D eigenvalue weighted by molar-refractivity contribution is -0.140. The van der Waals surface area contributed by atoms with Gasteiger partial charge in [-0.15, -0.1) is 0 Å². The number of rotatable bonds is 7. The van der Waals surface area contributed by atoms with Gasteiger partial charge >= 0.3 is 0 Å². The zero-order chi connectivity index (χ0) is 22.0. The Kier molecular flexibility index (Phi) is 5.62. The van der Waals surface area contributed by atoms with Crippen LogP contribution in [0.3, 0.4) is 0 Å². The van der Waals surface area contributed by atoms with Gasteiger partial charge in [-0.2, -0.15) is 0 Å². The van der Waals surface area contributed by atoms with Gasteiger partial charge in [-0.3, -0.25) is 9.59 Å². The van der Waals surface area contributed by atoms with E-state index >= 15 is 0 Å². The van der Waals surface area contributed by atoms with Crippen molar-refractivity contribution in [1.29, 1.82) is 0 Å². The van der Waals surface area contributed by atoms with Crippen LogP contribution in [0.2, 0.25) is 0 Å². The van der Waals surface area contributed by atoms with E-state index in [4.69, 9.17) is 9.15 Å². The Morgan fingerprint density at radius 2 is 2.06 bits per heavy atom. The summed E-state index contributed by atoms with van der Waals surface area (Å²) in [5.74, 6) is -0.0299.